The molecule has 0 aliphatic carbocycles. The Labute approximate surface area is 177 Å². The molecule has 0 spiro atoms. The smallest absolute Gasteiger partial charge is 0.270 e. The van der Waals surface area contributed by atoms with Crippen molar-refractivity contribution in [2.45, 2.75) is 13.3 Å². The highest BCUT2D eigenvalue weighted by Gasteiger charge is 2.13. The first kappa shape index (κ1) is 21.3. The number of benzene rings is 2. The Bertz CT molecular complexity index is 892. The molecule has 0 fully saturated rings. The number of ether oxygens (including phenoxy) is 1. The molecule has 27 heavy (non-hydrogen) atoms. The number of carbonyl (C=O) groups is 1. The Morgan fingerprint density at radius 2 is 1.96 bits per heavy atom. The van der Waals surface area contributed by atoms with Gasteiger partial charge < -0.3 is 10.1 Å². The van der Waals surface area contributed by atoms with Gasteiger partial charge in [-0.25, -0.2) is 0 Å². The SMILES string of the molecule is CCCOc1ccc(C(=O)NC(=S)Nc2ccc([N+](=O)[O-])cc2Br)cc1Br. The number of thiocarbonyl (C=S) groups is 1. The summed E-state index contributed by atoms with van der Waals surface area (Å²) in [5, 5.41) is 16.2. The molecule has 7 nitrogen and oxygen atoms in total. The first-order valence-electron chi connectivity index (χ1n) is 7.80. The van der Waals surface area contributed by atoms with Crippen LogP contribution in [-0.4, -0.2) is 22.5 Å². The molecule has 0 saturated carbocycles. The van der Waals surface area contributed by atoms with E-state index >= 15 is 0 Å². The van der Waals surface area contributed by atoms with E-state index in [1.165, 1.54) is 18.2 Å². The molecule has 2 aromatic carbocycles. The number of nitro benzene ring substituents is 1. The van der Waals surface area contributed by atoms with E-state index in [4.69, 9.17) is 17.0 Å². The van der Waals surface area contributed by atoms with Crippen molar-refractivity contribution in [1.82, 2.24) is 5.32 Å². The highest BCUT2D eigenvalue weighted by molar-refractivity contribution is 9.11. The number of halogens is 2. The van der Waals surface area contributed by atoms with Gasteiger partial charge in [-0.05, 0) is 74.8 Å². The second-order valence-electron chi connectivity index (χ2n) is 5.32. The van der Waals surface area contributed by atoms with Gasteiger partial charge in [0.25, 0.3) is 11.6 Å². The number of non-ortho nitro benzene ring substituents is 1. The van der Waals surface area contributed by atoms with E-state index in [1.807, 2.05) is 6.92 Å². The summed E-state index contributed by atoms with van der Waals surface area (Å²) in [6.45, 7) is 2.59. The second kappa shape index (κ2) is 9.77. The van der Waals surface area contributed by atoms with Gasteiger partial charge >= 0.3 is 0 Å². The maximum absolute atomic E-state index is 12.3. The predicted octanol–water partition coefficient (Wildman–Crippen LogP) is 5.04. The van der Waals surface area contributed by atoms with E-state index in [0.29, 0.717) is 32.6 Å². The Morgan fingerprint density at radius 3 is 2.56 bits per heavy atom. The fraction of sp³-hybridized carbons (Fsp3) is 0.176. The summed E-state index contributed by atoms with van der Waals surface area (Å²) in [5.41, 5.74) is 0.839. The topological polar surface area (TPSA) is 93.5 Å². The lowest BCUT2D eigenvalue weighted by atomic mass is 10.2. The van der Waals surface area contributed by atoms with E-state index < -0.39 is 10.8 Å². The third kappa shape index (κ3) is 5.98. The van der Waals surface area contributed by atoms with Crippen LogP contribution in [0.25, 0.3) is 0 Å². The van der Waals surface area contributed by atoms with E-state index in [2.05, 4.69) is 42.5 Å². The van der Waals surface area contributed by atoms with Crippen LogP contribution in [0.5, 0.6) is 5.75 Å². The van der Waals surface area contributed by atoms with Crippen molar-refractivity contribution in [2.24, 2.45) is 0 Å². The minimum atomic E-state index is -0.500. The number of nitrogens with one attached hydrogen (secondary N) is 2. The maximum Gasteiger partial charge on any atom is 0.270 e. The van der Waals surface area contributed by atoms with Crippen LogP contribution in [0.2, 0.25) is 0 Å². The lowest BCUT2D eigenvalue weighted by molar-refractivity contribution is -0.384. The Morgan fingerprint density at radius 1 is 1.22 bits per heavy atom. The molecule has 0 saturated heterocycles. The fourth-order valence-corrected chi connectivity index (χ4v) is 3.18. The van der Waals surface area contributed by atoms with Crippen molar-refractivity contribution in [2.75, 3.05) is 11.9 Å². The third-order valence-corrected chi connectivity index (χ3v) is 4.77. The average molecular weight is 517 g/mol. The quantitative estimate of drug-likeness (QED) is 0.317. The van der Waals surface area contributed by atoms with Crippen molar-refractivity contribution in [3.63, 3.8) is 0 Å². The number of rotatable bonds is 6. The molecule has 142 valence electrons. The second-order valence-corrected chi connectivity index (χ2v) is 7.44. The van der Waals surface area contributed by atoms with Gasteiger partial charge in [0, 0.05) is 22.2 Å². The first-order valence-corrected chi connectivity index (χ1v) is 9.80. The van der Waals surface area contributed by atoms with Crippen molar-refractivity contribution in [1.29, 1.82) is 0 Å². The number of amides is 1. The molecular weight excluding hydrogens is 502 g/mol. The summed E-state index contributed by atoms with van der Waals surface area (Å²) in [6, 6.07) is 9.16. The Hall–Kier alpha value is -2.04. The number of carbonyl (C=O) groups excluding carboxylic acids is 1. The number of nitro groups is 1. The Kier molecular flexibility index (Phi) is 7.69. The van der Waals surface area contributed by atoms with Crippen LogP contribution in [0.4, 0.5) is 11.4 Å². The van der Waals surface area contributed by atoms with Gasteiger partial charge in [-0.2, -0.15) is 0 Å². The standard InChI is InChI=1S/C17H15Br2N3O4S/c1-2-7-26-15-6-3-10(8-13(15)19)16(23)21-17(27)20-14-5-4-11(22(24)25)9-12(14)18/h3-6,8-9H,2,7H2,1H3,(H2,20,21,23,27). The van der Waals surface area contributed by atoms with Crippen LogP contribution in [0.1, 0.15) is 23.7 Å². The zero-order chi connectivity index (χ0) is 20.0. The monoisotopic (exact) mass is 515 g/mol. The van der Waals surface area contributed by atoms with Crippen LogP contribution >= 0.6 is 44.1 Å². The molecule has 2 rings (SSSR count). The molecular formula is C17H15Br2N3O4S. The van der Waals surface area contributed by atoms with Gasteiger partial charge in [0.1, 0.15) is 5.75 Å². The van der Waals surface area contributed by atoms with Crippen LogP contribution in [0.3, 0.4) is 0 Å². The maximum atomic E-state index is 12.3. The van der Waals surface area contributed by atoms with Crippen LogP contribution < -0.4 is 15.4 Å². The largest absolute Gasteiger partial charge is 0.492 e. The van der Waals surface area contributed by atoms with Crippen molar-refractivity contribution >= 4 is 66.5 Å². The Balaban J connectivity index is 2.02. The van der Waals surface area contributed by atoms with Gasteiger partial charge in [0.15, 0.2) is 5.11 Å². The normalized spacial score (nSPS) is 10.2. The van der Waals surface area contributed by atoms with Gasteiger partial charge in [-0.1, -0.05) is 6.92 Å². The van der Waals surface area contributed by atoms with E-state index in [1.54, 1.807) is 18.2 Å². The molecule has 0 aliphatic heterocycles. The first-order chi connectivity index (χ1) is 12.8. The molecule has 0 heterocycles. The van der Waals surface area contributed by atoms with Gasteiger partial charge in [0.2, 0.25) is 0 Å². The minimum Gasteiger partial charge on any atom is -0.492 e. The number of hydrogen-bond donors (Lipinski definition) is 2. The third-order valence-electron chi connectivity index (χ3n) is 3.29. The minimum absolute atomic E-state index is 0.0578. The number of anilines is 1. The highest BCUT2D eigenvalue weighted by Crippen LogP contribution is 2.28. The molecule has 0 radical (unpaired) electrons. The van der Waals surface area contributed by atoms with Crippen LogP contribution in [0.15, 0.2) is 45.3 Å². The van der Waals surface area contributed by atoms with E-state index in [0.717, 1.165) is 6.42 Å². The van der Waals surface area contributed by atoms with Gasteiger partial charge in [-0.15, -0.1) is 0 Å². The fourth-order valence-electron chi connectivity index (χ4n) is 2.02. The highest BCUT2D eigenvalue weighted by atomic mass is 79.9. The molecule has 0 unspecified atom stereocenters. The molecule has 0 aliphatic rings. The lowest BCUT2D eigenvalue weighted by Crippen LogP contribution is -2.34. The van der Waals surface area contributed by atoms with Gasteiger partial charge in [0.05, 0.1) is 21.7 Å². The predicted molar refractivity (Wildman–Crippen MR) is 114 cm³/mol. The van der Waals surface area contributed by atoms with Crippen LogP contribution in [0, 0.1) is 10.1 Å². The summed E-state index contributed by atoms with van der Waals surface area (Å²) < 4.78 is 6.67. The van der Waals surface area contributed by atoms with Crippen LogP contribution in [-0.2, 0) is 0 Å². The van der Waals surface area contributed by atoms with Gasteiger partial charge in [-0.3, -0.25) is 20.2 Å². The van der Waals surface area contributed by atoms with E-state index in [-0.39, 0.29) is 10.8 Å². The summed E-state index contributed by atoms with van der Waals surface area (Å²) in [4.78, 5) is 22.6. The average Bonchev–Trinajstić information content (AvgIpc) is 2.62. The van der Waals surface area contributed by atoms with Crippen molar-refractivity contribution < 1.29 is 14.5 Å². The summed E-state index contributed by atoms with van der Waals surface area (Å²) in [6.07, 6.45) is 0.882. The lowest BCUT2D eigenvalue weighted by Gasteiger charge is -2.12. The molecule has 0 aromatic heterocycles. The van der Waals surface area contributed by atoms with Crippen molar-refractivity contribution in [3.05, 3.63) is 61.0 Å². The molecule has 2 N–H and O–H groups in total. The molecule has 1 amide bonds. The summed E-state index contributed by atoms with van der Waals surface area (Å²) in [5.74, 6) is 0.261. The molecule has 0 atom stereocenters. The van der Waals surface area contributed by atoms with Crippen molar-refractivity contribution in [3.8, 4) is 5.75 Å². The van der Waals surface area contributed by atoms with E-state index in [9.17, 15) is 14.9 Å². The number of nitrogens with zero attached hydrogens (tertiary/aromatic N) is 1. The molecule has 2 aromatic rings. The molecule has 0 bridgehead atoms. The molecule has 10 heteroatoms. The zero-order valence-electron chi connectivity index (χ0n) is 14.1. The zero-order valence-corrected chi connectivity index (χ0v) is 18.1. The summed E-state index contributed by atoms with van der Waals surface area (Å²) in [7, 11) is 0. The number of hydrogen-bond acceptors (Lipinski definition) is 5. The summed E-state index contributed by atoms with van der Waals surface area (Å²) >= 11 is 11.8.